The molecule has 6 heteroatoms. The van der Waals surface area contributed by atoms with Gasteiger partial charge in [0.05, 0.1) is 19.9 Å². The van der Waals surface area contributed by atoms with Crippen LogP contribution in [0.1, 0.15) is 12.6 Å². The highest BCUT2D eigenvalue weighted by molar-refractivity contribution is 6.34. The number of hydrogen-bond acceptors (Lipinski definition) is 3. The van der Waals surface area contributed by atoms with E-state index in [1.54, 1.807) is 19.5 Å². The molecule has 0 aliphatic rings. The van der Waals surface area contributed by atoms with Crippen molar-refractivity contribution in [1.82, 2.24) is 15.3 Å². The van der Waals surface area contributed by atoms with Crippen molar-refractivity contribution in [2.45, 2.75) is 13.5 Å². The average Bonchev–Trinajstić information content (AvgIpc) is 2.94. The van der Waals surface area contributed by atoms with E-state index < -0.39 is 0 Å². The van der Waals surface area contributed by atoms with Crippen LogP contribution in [0.3, 0.4) is 0 Å². The van der Waals surface area contributed by atoms with Gasteiger partial charge in [-0.05, 0) is 24.3 Å². The molecule has 5 nitrogen and oxygen atoms in total. The highest BCUT2D eigenvalue weighted by Crippen LogP contribution is 2.33. The second-order valence-electron chi connectivity index (χ2n) is 5.24. The first-order valence-electron chi connectivity index (χ1n) is 7.12. The molecule has 0 spiro atoms. The molecule has 0 aliphatic carbocycles. The topological polar surface area (TPSA) is 67.0 Å². The quantitative estimate of drug-likeness (QED) is 0.769. The summed E-state index contributed by atoms with van der Waals surface area (Å²) in [7, 11) is 1.60. The summed E-state index contributed by atoms with van der Waals surface area (Å²) in [4.78, 5) is 18.5. The molecule has 2 N–H and O–H groups in total. The summed E-state index contributed by atoms with van der Waals surface area (Å²) in [5, 5.41) is 4.40. The lowest BCUT2D eigenvalue weighted by atomic mass is 10.1. The molecular weight excluding hydrogens is 314 g/mol. The SMILES string of the molecule is COc1cncc(-c2cc3[nH]c(CNC(C)=O)cc3cc2Cl)c1. The number of aromatic amines is 1. The minimum atomic E-state index is -0.0650. The fraction of sp³-hybridized carbons (Fsp3) is 0.176. The molecule has 0 saturated heterocycles. The van der Waals surface area contributed by atoms with Gasteiger partial charge < -0.3 is 15.0 Å². The highest BCUT2D eigenvalue weighted by atomic mass is 35.5. The zero-order valence-electron chi connectivity index (χ0n) is 12.8. The van der Waals surface area contributed by atoms with Gasteiger partial charge in [0.1, 0.15) is 5.75 Å². The molecule has 1 aromatic carbocycles. The molecule has 0 unspecified atom stereocenters. The molecule has 3 rings (SSSR count). The Balaban J connectivity index is 2.01. The van der Waals surface area contributed by atoms with Gasteiger partial charge in [0.15, 0.2) is 0 Å². The lowest BCUT2D eigenvalue weighted by Crippen LogP contribution is -2.18. The van der Waals surface area contributed by atoms with Gasteiger partial charge in [0.2, 0.25) is 5.91 Å². The Labute approximate surface area is 138 Å². The fourth-order valence-electron chi connectivity index (χ4n) is 2.43. The Morgan fingerprint density at radius 3 is 2.87 bits per heavy atom. The van der Waals surface area contributed by atoms with Gasteiger partial charge in [-0.1, -0.05) is 11.6 Å². The number of fused-ring (bicyclic) bond motifs is 1. The van der Waals surface area contributed by atoms with Crippen molar-refractivity contribution < 1.29 is 9.53 Å². The molecule has 0 fully saturated rings. The largest absolute Gasteiger partial charge is 0.495 e. The van der Waals surface area contributed by atoms with Crippen LogP contribution < -0.4 is 10.1 Å². The molecule has 0 saturated carbocycles. The van der Waals surface area contributed by atoms with Crippen molar-refractivity contribution in [3.63, 3.8) is 0 Å². The number of carbonyl (C=O) groups excluding carboxylic acids is 1. The second kappa shape index (κ2) is 6.30. The van der Waals surface area contributed by atoms with Crippen LogP contribution in [0.15, 0.2) is 36.7 Å². The number of pyridine rings is 1. The fourth-order valence-corrected chi connectivity index (χ4v) is 2.71. The zero-order valence-corrected chi connectivity index (χ0v) is 13.6. The van der Waals surface area contributed by atoms with Gasteiger partial charge in [-0.25, -0.2) is 0 Å². The molecule has 118 valence electrons. The van der Waals surface area contributed by atoms with Crippen LogP contribution in [0.2, 0.25) is 5.02 Å². The van der Waals surface area contributed by atoms with Crippen LogP contribution in [0.25, 0.3) is 22.0 Å². The molecule has 1 amide bonds. The molecule has 0 atom stereocenters. The Morgan fingerprint density at radius 2 is 2.13 bits per heavy atom. The zero-order chi connectivity index (χ0) is 16.4. The number of nitrogens with zero attached hydrogens (tertiary/aromatic N) is 1. The van der Waals surface area contributed by atoms with Gasteiger partial charge in [-0.2, -0.15) is 0 Å². The van der Waals surface area contributed by atoms with Crippen molar-refractivity contribution in [2.24, 2.45) is 0 Å². The predicted molar refractivity (Wildman–Crippen MR) is 90.6 cm³/mol. The number of amides is 1. The molecule has 0 radical (unpaired) electrons. The maximum atomic E-state index is 11.0. The van der Waals surface area contributed by atoms with Crippen LogP contribution in [0.4, 0.5) is 0 Å². The third kappa shape index (κ3) is 3.29. The molecule has 2 aromatic heterocycles. The predicted octanol–water partition coefficient (Wildman–Crippen LogP) is 3.53. The number of H-pyrrole nitrogens is 1. The number of aromatic nitrogens is 2. The monoisotopic (exact) mass is 329 g/mol. The van der Waals surface area contributed by atoms with Crippen LogP contribution in [0.5, 0.6) is 5.75 Å². The molecular formula is C17H16ClN3O2. The van der Waals surface area contributed by atoms with Gasteiger partial charge >= 0.3 is 0 Å². The van der Waals surface area contributed by atoms with E-state index in [2.05, 4.69) is 15.3 Å². The van der Waals surface area contributed by atoms with Gasteiger partial charge in [0.25, 0.3) is 0 Å². The normalized spacial score (nSPS) is 10.7. The number of benzene rings is 1. The summed E-state index contributed by atoms with van der Waals surface area (Å²) in [5.74, 6) is 0.612. The number of halogens is 1. The van der Waals surface area contributed by atoms with Crippen molar-refractivity contribution >= 4 is 28.4 Å². The van der Waals surface area contributed by atoms with Crippen molar-refractivity contribution in [1.29, 1.82) is 0 Å². The first-order valence-corrected chi connectivity index (χ1v) is 7.49. The standard InChI is InChI=1S/C17H16ClN3O2/c1-10(22)20-8-13-3-11-5-16(18)15(6-17(11)21-13)12-4-14(23-2)9-19-7-12/h3-7,9,21H,8H2,1-2H3,(H,20,22). The van der Waals surface area contributed by atoms with Crippen LogP contribution in [-0.2, 0) is 11.3 Å². The highest BCUT2D eigenvalue weighted by Gasteiger charge is 2.10. The minimum absolute atomic E-state index is 0.0650. The molecule has 3 aromatic rings. The number of ether oxygens (including phenoxy) is 1. The molecule has 0 bridgehead atoms. The lowest BCUT2D eigenvalue weighted by molar-refractivity contribution is -0.119. The van der Waals surface area contributed by atoms with Crippen LogP contribution >= 0.6 is 11.6 Å². The molecule has 2 heterocycles. The van der Waals surface area contributed by atoms with E-state index in [9.17, 15) is 4.79 Å². The van der Waals surface area contributed by atoms with E-state index in [1.807, 2.05) is 24.3 Å². The third-order valence-corrected chi connectivity index (χ3v) is 3.86. The number of rotatable bonds is 4. The maximum Gasteiger partial charge on any atom is 0.217 e. The van der Waals surface area contributed by atoms with E-state index >= 15 is 0 Å². The first-order chi connectivity index (χ1) is 11.1. The second-order valence-corrected chi connectivity index (χ2v) is 5.64. The lowest BCUT2D eigenvalue weighted by Gasteiger charge is -2.06. The Hall–Kier alpha value is -2.53. The Bertz CT molecular complexity index is 873. The van der Waals surface area contributed by atoms with Gasteiger partial charge in [-0.15, -0.1) is 0 Å². The number of nitrogens with one attached hydrogen (secondary N) is 2. The van der Waals surface area contributed by atoms with Gasteiger partial charge in [0, 0.05) is 45.9 Å². The van der Waals surface area contributed by atoms with E-state index in [1.165, 1.54) is 6.92 Å². The van der Waals surface area contributed by atoms with E-state index in [0.29, 0.717) is 17.3 Å². The molecule has 23 heavy (non-hydrogen) atoms. The van der Waals surface area contributed by atoms with Crippen molar-refractivity contribution in [3.8, 4) is 16.9 Å². The van der Waals surface area contributed by atoms with Gasteiger partial charge in [-0.3, -0.25) is 9.78 Å². The molecule has 0 aliphatic heterocycles. The summed E-state index contributed by atoms with van der Waals surface area (Å²) < 4.78 is 5.21. The summed E-state index contributed by atoms with van der Waals surface area (Å²) in [6, 6.07) is 7.75. The van der Waals surface area contributed by atoms with Crippen LogP contribution in [-0.4, -0.2) is 23.0 Å². The van der Waals surface area contributed by atoms with E-state index in [0.717, 1.165) is 27.7 Å². The maximum absolute atomic E-state index is 11.0. The summed E-state index contributed by atoms with van der Waals surface area (Å²) >= 11 is 6.42. The van der Waals surface area contributed by atoms with Crippen molar-refractivity contribution in [2.75, 3.05) is 7.11 Å². The number of hydrogen-bond donors (Lipinski definition) is 2. The first kappa shape index (κ1) is 15.4. The van der Waals surface area contributed by atoms with E-state index in [-0.39, 0.29) is 5.91 Å². The Kier molecular flexibility index (Phi) is 4.21. The third-order valence-electron chi connectivity index (χ3n) is 3.55. The number of carbonyl (C=O) groups is 1. The minimum Gasteiger partial charge on any atom is -0.495 e. The summed E-state index contributed by atoms with van der Waals surface area (Å²) in [6.07, 6.45) is 3.40. The smallest absolute Gasteiger partial charge is 0.217 e. The summed E-state index contributed by atoms with van der Waals surface area (Å²) in [6.45, 7) is 1.95. The van der Waals surface area contributed by atoms with Crippen LogP contribution in [0, 0.1) is 0 Å². The van der Waals surface area contributed by atoms with E-state index in [4.69, 9.17) is 16.3 Å². The summed E-state index contributed by atoms with van der Waals surface area (Å²) in [5.41, 5.74) is 3.63. The Morgan fingerprint density at radius 1 is 1.30 bits per heavy atom. The number of methoxy groups -OCH3 is 1. The average molecular weight is 330 g/mol. The van der Waals surface area contributed by atoms with Crippen molar-refractivity contribution in [3.05, 3.63) is 47.4 Å².